The number of halogens is 2. The molecule has 0 saturated heterocycles. The number of benzene rings is 1. The minimum absolute atomic E-state index is 0.163. The normalized spacial score (nSPS) is 10.6. The maximum Gasteiger partial charge on any atom is 0.145 e. The lowest BCUT2D eigenvalue weighted by atomic mass is 10.1. The zero-order chi connectivity index (χ0) is 10.6. The van der Waals surface area contributed by atoms with Gasteiger partial charge in [0.1, 0.15) is 5.82 Å². The van der Waals surface area contributed by atoms with Crippen LogP contribution in [0.2, 0.25) is 5.02 Å². The summed E-state index contributed by atoms with van der Waals surface area (Å²) in [5, 5.41) is 0.163. The van der Waals surface area contributed by atoms with Gasteiger partial charge in [-0.25, -0.2) is 10.3 Å². The van der Waals surface area contributed by atoms with Gasteiger partial charge in [0.15, 0.2) is 0 Å². The van der Waals surface area contributed by atoms with E-state index in [4.69, 9.17) is 17.5 Å². The van der Waals surface area contributed by atoms with Gasteiger partial charge in [-0.15, -0.1) is 0 Å². The van der Waals surface area contributed by atoms with Crippen molar-refractivity contribution >= 4 is 11.6 Å². The van der Waals surface area contributed by atoms with Gasteiger partial charge < -0.3 is 4.84 Å². The molecule has 2 N–H and O–H groups in total. The van der Waals surface area contributed by atoms with Crippen LogP contribution in [0.15, 0.2) is 12.1 Å². The van der Waals surface area contributed by atoms with Crippen molar-refractivity contribution in [1.29, 1.82) is 0 Å². The van der Waals surface area contributed by atoms with Gasteiger partial charge in [0.2, 0.25) is 0 Å². The summed E-state index contributed by atoms with van der Waals surface area (Å²) < 4.78 is 13.4. The van der Waals surface area contributed by atoms with Crippen molar-refractivity contribution in [3.8, 4) is 0 Å². The molecule has 0 aliphatic carbocycles. The lowest BCUT2D eigenvalue weighted by Gasteiger charge is -2.06. The van der Waals surface area contributed by atoms with Gasteiger partial charge in [0, 0.05) is 6.42 Å². The molecule has 2 nitrogen and oxygen atoms in total. The molecular formula is C10H13ClFNO. The first kappa shape index (κ1) is 11.4. The van der Waals surface area contributed by atoms with Crippen molar-refractivity contribution in [2.24, 2.45) is 5.90 Å². The van der Waals surface area contributed by atoms with E-state index in [0.717, 1.165) is 12.0 Å². The lowest BCUT2D eigenvalue weighted by molar-refractivity contribution is 0.140. The van der Waals surface area contributed by atoms with Crippen molar-refractivity contribution in [3.63, 3.8) is 0 Å². The second-order valence-corrected chi connectivity index (χ2v) is 3.43. The van der Waals surface area contributed by atoms with E-state index in [9.17, 15) is 4.39 Å². The Labute approximate surface area is 87.8 Å². The third-order valence-corrected chi connectivity index (χ3v) is 2.34. The molecule has 14 heavy (non-hydrogen) atoms. The summed E-state index contributed by atoms with van der Waals surface area (Å²) in [5.74, 6) is 4.51. The molecule has 0 bridgehead atoms. The monoisotopic (exact) mass is 217 g/mol. The summed E-state index contributed by atoms with van der Waals surface area (Å²) in [6.07, 6.45) is 1.27. The molecule has 0 spiro atoms. The first-order chi connectivity index (χ1) is 6.69. The highest BCUT2D eigenvalue weighted by Crippen LogP contribution is 2.21. The van der Waals surface area contributed by atoms with Gasteiger partial charge in [0.25, 0.3) is 0 Å². The summed E-state index contributed by atoms with van der Waals surface area (Å²) in [6.45, 7) is 2.28. The van der Waals surface area contributed by atoms with Crippen molar-refractivity contribution in [1.82, 2.24) is 0 Å². The predicted molar refractivity (Wildman–Crippen MR) is 54.6 cm³/mol. The smallest absolute Gasteiger partial charge is 0.145 e. The van der Waals surface area contributed by atoms with Crippen LogP contribution < -0.4 is 5.90 Å². The summed E-state index contributed by atoms with van der Waals surface area (Å²) in [7, 11) is 0. The largest absolute Gasteiger partial charge is 0.304 e. The fourth-order valence-corrected chi connectivity index (χ4v) is 1.52. The van der Waals surface area contributed by atoms with Crippen molar-refractivity contribution in [2.75, 3.05) is 6.61 Å². The molecule has 0 aliphatic heterocycles. The Morgan fingerprint density at radius 2 is 2.21 bits per heavy atom. The third-order valence-electron chi connectivity index (χ3n) is 2.06. The van der Waals surface area contributed by atoms with E-state index in [-0.39, 0.29) is 10.8 Å². The molecular weight excluding hydrogens is 205 g/mol. The SMILES string of the molecule is CCc1cc(Cl)c(F)c(CCON)c1. The molecule has 0 fully saturated rings. The average molecular weight is 218 g/mol. The Kier molecular flexibility index (Phi) is 4.32. The molecule has 1 aromatic rings. The van der Waals surface area contributed by atoms with Crippen LogP contribution in [0.4, 0.5) is 4.39 Å². The van der Waals surface area contributed by atoms with Crippen LogP contribution in [-0.2, 0) is 17.7 Å². The molecule has 1 rings (SSSR count). The molecule has 1 aromatic carbocycles. The predicted octanol–water partition coefficient (Wildman–Crippen LogP) is 2.47. The second-order valence-electron chi connectivity index (χ2n) is 3.03. The van der Waals surface area contributed by atoms with Gasteiger partial charge in [-0.05, 0) is 23.6 Å². The van der Waals surface area contributed by atoms with Gasteiger partial charge >= 0.3 is 0 Å². The molecule has 0 aliphatic rings. The highest BCUT2D eigenvalue weighted by molar-refractivity contribution is 6.30. The fourth-order valence-electron chi connectivity index (χ4n) is 1.26. The summed E-state index contributed by atoms with van der Waals surface area (Å²) >= 11 is 5.73. The maximum absolute atomic E-state index is 13.4. The maximum atomic E-state index is 13.4. The second kappa shape index (κ2) is 5.29. The number of rotatable bonds is 4. The first-order valence-electron chi connectivity index (χ1n) is 4.47. The van der Waals surface area contributed by atoms with Crippen LogP contribution >= 0.6 is 11.6 Å². The van der Waals surface area contributed by atoms with E-state index >= 15 is 0 Å². The summed E-state index contributed by atoms with van der Waals surface area (Å²) in [6, 6.07) is 3.43. The zero-order valence-electron chi connectivity index (χ0n) is 8.02. The van der Waals surface area contributed by atoms with Crippen LogP contribution in [0.1, 0.15) is 18.1 Å². The van der Waals surface area contributed by atoms with Gasteiger partial charge in [0.05, 0.1) is 11.6 Å². The van der Waals surface area contributed by atoms with Crippen LogP contribution in [0.25, 0.3) is 0 Å². The molecule has 0 radical (unpaired) electrons. The Morgan fingerprint density at radius 1 is 1.50 bits per heavy atom. The molecule has 0 aromatic heterocycles. The van der Waals surface area contributed by atoms with E-state index in [1.165, 1.54) is 0 Å². The van der Waals surface area contributed by atoms with Gasteiger partial charge in [-0.3, -0.25) is 0 Å². The van der Waals surface area contributed by atoms with E-state index < -0.39 is 0 Å². The average Bonchev–Trinajstić information content (AvgIpc) is 2.20. The van der Waals surface area contributed by atoms with Crippen molar-refractivity contribution in [2.45, 2.75) is 19.8 Å². The van der Waals surface area contributed by atoms with Crippen LogP contribution in [-0.4, -0.2) is 6.61 Å². The highest BCUT2D eigenvalue weighted by Gasteiger charge is 2.08. The van der Waals surface area contributed by atoms with E-state index in [1.54, 1.807) is 12.1 Å². The topological polar surface area (TPSA) is 35.2 Å². The third kappa shape index (κ3) is 2.67. The molecule has 0 atom stereocenters. The minimum atomic E-state index is -0.374. The van der Waals surface area contributed by atoms with Gasteiger partial charge in [-0.1, -0.05) is 24.6 Å². The van der Waals surface area contributed by atoms with Crippen LogP contribution in [0, 0.1) is 5.82 Å². The van der Waals surface area contributed by atoms with Crippen molar-refractivity contribution < 1.29 is 9.23 Å². The Bertz CT molecular complexity index is 317. The minimum Gasteiger partial charge on any atom is -0.304 e. The molecule has 0 amide bonds. The Morgan fingerprint density at radius 3 is 2.79 bits per heavy atom. The number of aryl methyl sites for hydroxylation is 1. The molecule has 0 unspecified atom stereocenters. The molecule has 0 saturated carbocycles. The van der Waals surface area contributed by atoms with E-state index in [0.29, 0.717) is 18.6 Å². The Hall–Kier alpha value is -0.640. The number of hydrogen-bond donors (Lipinski definition) is 1. The van der Waals surface area contributed by atoms with Crippen LogP contribution in [0.5, 0.6) is 0 Å². The van der Waals surface area contributed by atoms with Crippen LogP contribution in [0.3, 0.4) is 0 Å². The standard InChI is InChI=1S/C10H13ClFNO/c1-2-7-5-8(3-4-14-13)10(12)9(11)6-7/h5-6H,2-4,13H2,1H3. The number of nitrogens with two attached hydrogens (primary N) is 1. The number of hydrogen-bond acceptors (Lipinski definition) is 2. The summed E-state index contributed by atoms with van der Waals surface area (Å²) in [5.41, 5.74) is 1.57. The molecule has 4 heteroatoms. The lowest BCUT2D eigenvalue weighted by Crippen LogP contribution is -2.05. The summed E-state index contributed by atoms with van der Waals surface area (Å²) in [4.78, 5) is 4.40. The Balaban J connectivity index is 2.95. The van der Waals surface area contributed by atoms with Gasteiger partial charge in [-0.2, -0.15) is 0 Å². The zero-order valence-corrected chi connectivity index (χ0v) is 8.77. The first-order valence-corrected chi connectivity index (χ1v) is 4.85. The van der Waals surface area contributed by atoms with E-state index in [1.807, 2.05) is 6.92 Å². The molecule has 0 heterocycles. The fraction of sp³-hybridized carbons (Fsp3) is 0.400. The highest BCUT2D eigenvalue weighted by atomic mass is 35.5. The van der Waals surface area contributed by atoms with Crippen molar-refractivity contribution in [3.05, 3.63) is 34.1 Å². The quantitative estimate of drug-likeness (QED) is 0.787. The molecule has 78 valence electrons. The van der Waals surface area contributed by atoms with E-state index in [2.05, 4.69) is 4.84 Å².